The standard InChI is InChI=1S/C16H15NS/c1-3-7-13(8-4-1)12-17-16-11-15(18-16)14-9-5-2-6-10-14/h1-10,15H,11-12H2. The summed E-state index contributed by atoms with van der Waals surface area (Å²) in [5.41, 5.74) is 2.70. The Bertz CT molecular complexity index is 526. The smallest absolute Gasteiger partial charge is 0.0700 e. The van der Waals surface area contributed by atoms with Gasteiger partial charge in [0, 0.05) is 11.7 Å². The Labute approximate surface area is 112 Å². The molecule has 0 radical (unpaired) electrons. The first kappa shape index (κ1) is 11.5. The van der Waals surface area contributed by atoms with Gasteiger partial charge in [0.1, 0.15) is 0 Å². The van der Waals surface area contributed by atoms with Crippen LogP contribution in [-0.2, 0) is 6.54 Å². The fourth-order valence-corrected chi connectivity index (χ4v) is 3.00. The molecule has 1 heterocycles. The maximum absolute atomic E-state index is 4.66. The van der Waals surface area contributed by atoms with Crippen molar-refractivity contribution < 1.29 is 0 Å². The van der Waals surface area contributed by atoms with Crippen LogP contribution >= 0.6 is 11.8 Å². The molecule has 0 bridgehead atoms. The largest absolute Gasteiger partial charge is 0.278 e. The van der Waals surface area contributed by atoms with Crippen molar-refractivity contribution in [1.82, 2.24) is 0 Å². The number of rotatable bonds is 3. The van der Waals surface area contributed by atoms with Gasteiger partial charge >= 0.3 is 0 Å². The Balaban J connectivity index is 1.56. The lowest BCUT2D eigenvalue weighted by Gasteiger charge is -2.27. The summed E-state index contributed by atoms with van der Waals surface area (Å²) in [6.45, 7) is 0.810. The average Bonchev–Trinajstić information content (AvgIpc) is 2.39. The number of aliphatic imine (C=N–C) groups is 1. The van der Waals surface area contributed by atoms with Gasteiger partial charge in [-0.3, -0.25) is 4.99 Å². The molecule has 0 saturated carbocycles. The van der Waals surface area contributed by atoms with E-state index in [-0.39, 0.29) is 0 Å². The molecule has 1 saturated heterocycles. The molecule has 1 atom stereocenters. The monoisotopic (exact) mass is 253 g/mol. The maximum Gasteiger partial charge on any atom is 0.0700 e. The Kier molecular flexibility index (Phi) is 3.47. The van der Waals surface area contributed by atoms with E-state index in [1.807, 2.05) is 17.8 Å². The molecule has 2 heteroatoms. The second-order valence-electron chi connectivity index (χ2n) is 4.42. The zero-order valence-electron chi connectivity index (χ0n) is 10.1. The molecule has 2 aromatic rings. The number of benzene rings is 2. The minimum absolute atomic E-state index is 0.612. The van der Waals surface area contributed by atoms with Crippen molar-refractivity contribution >= 4 is 16.8 Å². The molecule has 1 fully saturated rings. The number of hydrogen-bond donors (Lipinski definition) is 0. The Hall–Kier alpha value is -1.54. The Morgan fingerprint density at radius 2 is 1.56 bits per heavy atom. The molecule has 0 amide bonds. The van der Waals surface area contributed by atoms with Crippen LogP contribution in [0.1, 0.15) is 22.8 Å². The van der Waals surface area contributed by atoms with Gasteiger partial charge in [-0.15, -0.1) is 11.8 Å². The van der Waals surface area contributed by atoms with Crippen LogP contribution in [0.5, 0.6) is 0 Å². The van der Waals surface area contributed by atoms with Crippen LogP contribution in [0.2, 0.25) is 0 Å². The van der Waals surface area contributed by atoms with Crippen molar-refractivity contribution in [2.75, 3.05) is 0 Å². The molecular weight excluding hydrogens is 238 g/mol. The van der Waals surface area contributed by atoms with E-state index in [1.54, 1.807) is 0 Å². The van der Waals surface area contributed by atoms with Gasteiger partial charge in [-0.05, 0) is 11.1 Å². The minimum atomic E-state index is 0.612. The molecular formula is C16H15NS. The second kappa shape index (κ2) is 5.40. The zero-order valence-corrected chi connectivity index (χ0v) is 10.9. The van der Waals surface area contributed by atoms with Gasteiger partial charge < -0.3 is 0 Å². The van der Waals surface area contributed by atoms with E-state index in [0.717, 1.165) is 13.0 Å². The van der Waals surface area contributed by atoms with E-state index in [1.165, 1.54) is 16.2 Å². The highest BCUT2D eigenvalue weighted by molar-refractivity contribution is 8.16. The Morgan fingerprint density at radius 3 is 2.22 bits per heavy atom. The quantitative estimate of drug-likeness (QED) is 0.786. The first-order chi connectivity index (χ1) is 8.92. The molecule has 0 aliphatic carbocycles. The lowest BCUT2D eigenvalue weighted by molar-refractivity contribution is 0.961. The lowest BCUT2D eigenvalue weighted by atomic mass is 10.1. The molecule has 1 aliphatic heterocycles. The van der Waals surface area contributed by atoms with E-state index in [4.69, 9.17) is 0 Å². The molecule has 1 aliphatic rings. The van der Waals surface area contributed by atoms with Gasteiger partial charge in [-0.1, -0.05) is 60.7 Å². The summed E-state index contributed by atoms with van der Waals surface area (Å²) in [6, 6.07) is 21.1. The predicted octanol–water partition coefficient (Wildman–Crippen LogP) is 4.46. The number of hydrogen-bond acceptors (Lipinski definition) is 2. The van der Waals surface area contributed by atoms with Gasteiger partial charge in [0.15, 0.2) is 0 Å². The molecule has 2 aromatic carbocycles. The van der Waals surface area contributed by atoms with Crippen LogP contribution in [0.15, 0.2) is 65.7 Å². The van der Waals surface area contributed by atoms with E-state index in [0.29, 0.717) is 5.25 Å². The number of nitrogens with zero attached hydrogens (tertiary/aromatic N) is 1. The minimum Gasteiger partial charge on any atom is -0.278 e. The fourth-order valence-electron chi connectivity index (χ4n) is 2.03. The van der Waals surface area contributed by atoms with Gasteiger partial charge in [0.25, 0.3) is 0 Å². The molecule has 0 spiro atoms. The third kappa shape index (κ3) is 2.65. The van der Waals surface area contributed by atoms with Gasteiger partial charge in [0.2, 0.25) is 0 Å². The Morgan fingerprint density at radius 1 is 0.944 bits per heavy atom. The van der Waals surface area contributed by atoms with Crippen LogP contribution in [-0.4, -0.2) is 5.04 Å². The zero-order chi connectivity index (χ0) is 12.2. The summed E-state index contributed by atoms with van der Waals surface area (Å²) < 4.78 is 0. The summed E-state index contributed by atoms with van der Waals surface area (Å²) in [7, 11) is 0. The van der Waals surface area contributed by atoms with E-state index in [9.17, 15) is 0 Å². The summed E-state index contributed by atoms with van der Waals surface area (Å²) >= 11 is 1.90. The molecule has 0 N–H and O–H groups in total. The molecule has 1 unspecified atom stereocenters. The van der Waals surface area contributed by atoms with Crippen LogP contribution in [0.4, 0.5) is 0 Å². The van der Waals surface area contributed by atoms with Gasteiger partial charge in [-0.2, -0.15) is 0 Å². The summed E-state index contributed by atoms with van der Waals surface area (Å²) in [4.78, 5) is 4.66. The first-order valence-electron chi connectivity index (χ1n) is 6.21. The van der Waals surface area contributed by atoms with Crippen LogP contribution < -0.4 is 0 Å². The summed E-state index contributed by atoms with van der Waals surface area (Å²) in [6.07, 6.45) is 1.10. The molecule has 18 heavy (non-hydrogen) atoms. The second-order valence-corrected chi connectivity index (χ2v) is 5.69. The molecule has 3 rings (SSSR count). The summed E-state index contributed by atoms with van der Waals surface area (Å²) in [5.74, 6) is 0. The third-order valence-corrected chi connectivity index (χ3v) is 4.38. The highest BCUT2D eigenvalue weighted by Gasteiger charge is 2.26. The highest BCUT2D eigenvalue weighted by atomic mass is 32.2. The van der Waals surface area contributed by atoms with Gasteiger partial charge in [-0.25, -0.2) is 0 Å². The van der Waals surface area contributed by atoms with Crippen molar-refractivity contribution in [3.05, 3.63) is 71.8 Å². The van der Waals surface area contributed by atoms with Crippen LogP contribution in [0.3, 0.4) is 0 Å². The van der Waals surface area contributed by atoms with Gasteiger partial charge in [0.05, 0.1) is 11.6 Å². The van der Waals surface area contributed by atoms with Crippen molar-refractivity contribution in [3.63, 3.8) is 0 Å². The maximum atomic E-state index is 4.66. The van der Waals surface area contributed by atoms with Crippen molar-refractivity contribution in [2.45, 2.75) is 18.2 Å². The highest BCUT2D eigenvalue weighted by Crippen LogP contribution is 2.44. The lowest BCUT2D eigenvalue weighted by Crippen LogP contribution is -2.14. The summed E-state index contributed by atoms with van der Waals surface area (Å²) in [5, 5.41) is 1.90. The molecule has 90 valence electrons. The molecule has 1 nitrogen and oxygen atoms in total. The SMILES string of the molecule is c1ccc(CN=C2CC(c3ccccc3)S2)cc1. The van der Waals surface area contributed by atoms with Crippen molar-refractivity contribution in [1.29, 1.82) is 0 Å². The number of thioether (sulfide) groups is 1. The fraction of sp³-hybridized carbons (Fsp3) is 0.188. The predicted molar refractivity (Wildman–Crippen MR) is 79.0 cm³/mol. The van der Waals surface area contributed by atoms with Crippen LogP contribution in [0, 0.1) is 0 Å². The van der Waals surface area contributed by atoms with E-state index >= 15 is 0 Å². The van der Waals surface area contributed by atoms with Crippen molar-refractivity contribution in [2.24, 2.45) is 4.99 Å². The topological polar surface area (TPSA) is 12.4 Å². The molecule has 0 aromatic heterocycles. The average molecular weight is 253 g/mol. The van der Waals surface area contributed by atoms with Crippen LogP contribution in [0.25, 0.3) is 0 Å². The first-order valence-corrected chi connectivity index (χ1v) is 7.08. The van der Waals surface area contributed by atoms with Crippen molar-refractivity contribution in [3.8, 4) is 0 Å². The van der Waals surface area contributed by atoms with E-state index in [2.05, 4.69) is 59.6 Å². The third-order valence-electron chi connectivity index (χ3n) is 3.09. The van der Waals surface area contributed by atoms with E-state index < -0.39 is 0 Å². The normalized spacial score (nSPS) is 20.7.